The maximum Gasteiger partial charge on any atom is 0.314 e. The number of nitrogens with one attached hydrogen (secondary N) is 2. The van der Waals surface area contributed by atoms with Gasteiger partial charge in [-0.05, 0) is 24.3 Å². The van der Waals surface area contributed by atoms with Crippen LogP contribution in [0.25, 0.3) is 5.69 Å². The fourth-order valence-electron chi connectivity index (χ4n) is 2.55. The molecular formula is C15H15FN4O5S. The summed E-state index contributed by atoms with van der Waals surface area (Å²) >= 11 is 0. The average molecular weight is 382 g/mol. The van der Waals surface area contributed by atoms with Gasteiger partial charge in [-0.25, -0.2) is 17.5 Å². The van der Waals surface area contributed by atoms with Crippen LogP contribution in [0.3, 0.4) is 0 Å². The molecule has 1 aromatic heterocycles. The van der Waals surface area contributed by atoms with Gasteiger partial charge in [0.1, 0.15) is 11.6 Å². The Hall–Kier alpha value is -2.79. The van der Waals surface area contributed by atoms with E-state index in [9.17, 15) is 22.4 Å². The van der Waals surface area contributed by atoms with E-state index >= 15 is 0 Å². The van der Waals surface area contributed by atoms with Crippen molar-refractivity contribution in [2.45, 2.75) is 11.5 Å². The number of fused-ring (bicyclic) bond motifs is 1. The zero-order valence-corrected chi connectivity index (χ0v) is 14.2. The summed E-state index contributed by atoms with van der Waals surface area (Å²) in [7, 11) is -3.38. The van der Waals surface area contributed by atoms with E-state index in [-0.39, 0.29) is 41.7 Å². The van der Waals surface area contributed by atoms with Gasteiger partial charge in [-0.15, -0.1) is 0 Å². The van der Waals surface area contributed by atoms with E-state index in [1.165, 1.54) is 28.9 Å². The third-order valence-electron chi connectivity index (χ3n) is 3.69. The highest BCUT2D eigenvalue weighted by atomic mass is 32.2. The number of rotatable bonds is 4. The molecule has 138 valence electrons. The van der Waals surface area contributed by atoms with Crippen LogP contribution in [0, 0.1) is 5.82 Å². The Kier molecular flexibility index (Phi) is 4.74. The molecule has 0 radical (unpaired) electrons. The highest BCUT2D eigenvalue weighted by Gasteiger charge is 2.33. The second-order valence-electron chi connectivity index (χ2n) is 5.63. The molecule has 0 fully saturated rings. The molecule has 0 bridgehead atoms. The van der Waals surface area contributed by atoms with E-state index < -0.39 is 27.5 Å². The molecule has 1 aliphatic rings. The predicted molar refractivity (Wildman–Crippen MR) is 88.6 cm³/mol. The van der Waals surface area contributed by atoms with Crippen molar-refractivity contribution in [1.82, 2.24) is 15.1 Å². The normalized spacial score (nSPS) is 14.7. The number of carbonyl (C=O) groups is 2. The number of aromatic nitrogens is 2. The van der Waals surface area contributed by atoms with Gasteiger partial charge in [-0.3, -0.25) is 9.59 Å². The Labute approximate surface area is 147 Å². The van der Waals surface area contributed by atoms with E-state index in [2.05, 4.69) is 15.7 Å². The van der Waals surface area contributed by atoms with Crippen LogP contribution in [0.1, 0.15) is 11.3 Å². The topological polar surface area (TPSA) is 130 Å². The van der Waals surface area contributed by atoms with Crippen LogP contribution < -0.4 is 10.6 Å². The van der Waals surface area contributed by atoms with Gasteiger partial charge in [-0.1, -0.05) is 0 Å². The molecule has 3 rings (SSSR count). The van der Waals surface area contributed by atoms with Gasteiger partial charge in [0, 0.05) is 12.1 Å². The molecule has 0 atom stereocenters. The van der Waals surface area contributed by atoms with E-state index in [1.54, 1.807) is 0 Å². The average Bonchev–Trinajstić information content (AvgIpc) is 3.06. The molecule has 1 aliphatic heterocycles. The van der Waals surface area contributed by atoms with Crippen molar-refractivity contribution < 1.29 is 27.5 Å². The fraction of sp³-hybridized carbons (Fsp3) is 0.267. The maximum atomic E-state index is 13.1. The maximum absolute atomic E-state index is 13.1. The van der Waals surface area contributed by atoms with Crippen molar-refractivity contribution in [3.8, 4) is 5.69 Å². The molecular weight excluding hydrogens is 367 g/mol. The second-order valence-corrected chi connectivity index (χ2v) is 7.69. The number of aliphatic hydroxyl groups excluding tert-OH is 1. The highest BCUT2D eigenvalue weighted by Crippen LogP contribution is 2.32. The number of anilines is 1. The number of aliphatic hydroxyl groups is 1. The zero-order chi connectivity index (χ0) is 18.9. The van der Waals surface area contributed by atoms with Crippen molar-refractivity contribution in [2.75, 3.05) is 18.5 Å². The monoisotopic (exact) mass is 382 g/mol. The van der Waals surface area contributed by atoms with Gasteiger partial charge in [0.05, 0.1) is 29.5 Å². The van der Waals surface area contributed by atoms with Crippen molar-refractivity contribution in [1.29, 1.82) is 0 Å². The first-order valence-electron chi connectivity index (χ1n) is 7.58. The van der Waals surface area contributed by atoms with Gasteiger partial charge in [-0.2, -0.15) is 5.10 Å². The summed E-state index contributed by atoms with van der Waals surface area (Å²) in [5.41, 5.74) is 0.947. The summed E-state index contributed by atoms with van der Waals surface area (Å²) in [6.07, 6.45) is 0. The number of amides is 2. The first-order valence-corrected chi connectivity index (χ1v) is 9.40. The Balaban J connectivity index is 1.98. The summed E-state index contributed by atoms with van der Waals surface area (Å²) < 4.78 is 38.1. The van der Waals surface area contributed by atoms with Crippen LogP contribution >= 0.6 is 0 Å². The zero-order valence-electron chi connectivity index (χ0n) is 13.4. The Bertz CT molecular complexity index is 969. The summed E-state index contributed by atoms with van der Waals surface area (Å²) in [5.74, 6) is -3.05. The molecule has 1 aromatic carbocycles. The molecule has 3 N–H and O–H groups in total. The number of sulfone groups is 1. The summed E-state index contributed by atoms with van der Waals surface area (Å²) in [6, 6.07) is 5.21. The molecule has 0 unspecified atom stereocenters. The lowest BCUT2D eigenvalue weighted by molar-refractivity contribution is -0.136. The predicted octanol–water partition coefficient (Wildman–Crippen LogP) is -0.513. The summed E-state index contributed by atoms with van der Waals surface area (Å²) in [6.45, 7) is -0.434. The Morgan fingerprint density at radius 2 is 1.88 bits per heavy atom. The third kappa shape index (κ3) is 3.58. The van der Waals surface area contributed by atoms with Crippen molar-refractivity contribution in [3.05, 3.63) is 41.3 Å². The standard InChI is InChI=1S/C15H15FN4O5S/c16-9-1-3-10(4-2-9)20-13(18-15(23)14(22)17-5-6-21)11-7-26(24,25)8-12(11)19-20/h1-4,21H,5-8H2,(H,17,22)(H,18,23). The lowest BCUT2D eigenvalue weighted by atomic mass is 10.2. The minimum absolute atomic E-state index is 0.0387. The van der Waals surface area contributed by atoms with E-state index in [0.29, 0.717) is 5.69 Å². The number of nitrogens with zero attached hydrogens (tertiary/aromatic N) is 2. The Morgan fingerprint density at radius 1 is 1.19 bits per heavy atom. The van der Waals surface area contributed by atoms with Crippen molar-refractivity contribution in [3.63, 3.8) is 0 Å². The van der Waals surface area contributed by atoms with E-state index in [4.69, 9.17) is 5.11 Å². The largest absolute Gasteiger partial charge is 0.395 e. The van der Waals surface area contributed by atoms with Gasteiger partial charge in [0.25, 0.3) is 0 Å². The number of carbonyl (C=O) groups excluding carboxylic acids is 2. The summed E-state index contributed by atoms with van der Waals surface area (Å²) in [5, 5.41) is 17.4. The quantitative estimate of drug-likeness (QED) is 0.611. The van der Waals surface area contributed by atoms with E-state index in [1.807, 2.05) is 0 Å². The van der Waals surface area contributed by atoms with Crippen LogP contribution in [-0.4, -0.2) is 48.3 Å². The summed E-state index contributed by atoms with van der Waals surface area (Å²) in [4.78, 5) is 23.8. The molecule has 11 heteroatoms. The lowest BCUT2D eigenvalue weighted by Crippen LogP contribution is -2.37. The molecule has 9 nitrogen and oxygen atoms in total. The first-order chi connectivity index (χ1) is 12.3. The van der Waals surface area contributed by atoms with Crippen LogP contribution in [0.4, 0.5) is 10.2 Å². The van der Waals surface area contributed by atoms with Crippen molar-refractivity contribution in [2.24, 2.45) is 0 Å². The third-order valence-corrected chi connectivity index (χ3v) is 5.14. The SMILES string of the molecule is O=C(NCCO)C(=O)Nc1c2c(nn1-c1ccc(F)cc1)CS(=O)(=O)C2. The van der Waals surface area contributed by atoms with E-state index in [0.717, 1.165) is 0 Å². The van der Waals surface area contributed by atoms with Gasteiger partial charge in [0.15, 0.2) is 9.84 Å². The van der Waals surface area contributed by atoms with Crippen LogP contribution in [0.2, 0.25) is 0 Å². The minimum atomic E-state index is -3.38. The van der Waals surface area contributed by atoms with Gasteiger partial charge < -0.3 is 15.7 Å². The van der Waals surface area contributed by atoms with Crippen molar-refractivity contribution >= 4 is 27.5 Å². The number of hydrogen-bond acceptors (Lipinski definition) is 6. The molecule has 0 aliphatic carbocycles. The number of hydrogen-bond donors (Lipinski definition) is 3. The Morgan fingerprint density at radius 3 is 2.54 bits per heavy atom. The second kappa shape index (κ2) is 6.84. The number of benzene rings is 1. The number of halogens is 1. The molecule has 2 amide bonds. The molecule has 0 saturated carbocycles. The lowest BCUT2D eigenvalue weighted by Gasteiger charge is -2.11. The van der Waals surface area contributed by atoms with Crippen LogP contribution in [-0.2, 0) is 30.9 Å². The minimum Gasteiger partial charge on any atom is -0.395 e. The first kappa shape index (κ1) is 18.0. The molecule has 26 heavy (non-hydrogen) atoms. The molecule has 2 aromatic rings. The van der Waals surface area contributed by atoms with Gasteiger partial charge in [0.2, 0.25) is 0 Å². The van der Waals surface area contributed by atoms with Crippen LogP contribution in [0.5, 0.6) is 0 Å². The smallest absolute Gasteiger partial charge is 0.314 e. The molecule has 0 saturated heterocycles. The van der Waals surface area contributed by atoms with Gasteiger partial charge >= 0.3 is 11.8 Å². The fourth-order valence-corrected chi connectivity index (χ4v) is 4.05. The molecule has 2 heterocycles. The molecule has 0 spiro atoms. The highest BCUT2D eigenvalue weighted by molar-refractivity contribution is 7.90. The van der Waals surface area contributed by atoms with Crippen LogP contribution in [0.15, 0.2) is 24.3 Å².